The Balaban J connectivity index is 3.71. The number of halogens is 3. The predicted molar refractivity (Wildman–Crippen MR) is 55.6 cm³/mol. The molecule has 0 spiro atoms. The van der Waals surface area contributed by atoms with Gasteiger partial charge in [-0.05, 0) is 13.5 Å². The van der Waals surface area contributed by atoms with E-state index in [0.29, 0.717) is 13.2 Å². The third kappa shape index (κ3) is 10.1. The molecule has 0 unspecified atom stereocenters. The maximum atomic E-state index is 11.8. The molecule has 4 nitrogen and oxygen atoms in total. The minimum absolute atomic E-state index is 0.0627. The molecule has 0 atom stereocenters. The molecule has 0 bridgehead atoms. The zero-order chi connectivity index (χ0) is 13.3. The molecule has 0 aliphatic carbocycles. The number of alkyl halides is 3. The van der Waals surface area contributed by atoms with Crippen LogP contribution in [0.25, 0.3) is 0 Å². The van der Waals surface area contributed by atoms with Crippen LogP contribution < -0.4 is 0 Å². The van der Waals surface area contributed by atoms with Crippen molar-refractivity contribution in [2.75, 3.05) is 39.5 Å². The molecule has 0 aliphatic rings. The van der Waals surface area contributed by atoms with E-state index >= 15 is 0 Å². The Labute approximate surface area is 98.7 Å². The van der Waals surface area contributed by atoms with Crippen molar-refractivity contribution in [3.05, 3.63) is 0 Å². The molecule has 17 heavy (non-hydrogen) atoms. The number of carbonyl (C=O) groups excluding carboxylic acids is 1. The molecule has 0 rings (SSSR count). The maximum Gasteiger partial charge on any atom is 0.411 e. The van der Waals surface area contributed by atoms with Gasteiger partial charge in [0.2, 0.25) is 0 Å². The van der Waals surface area contributed by atoms with Gasteiger partial charge in [-0.1, -0.05) is 6.92 Å². The molecule has 0 heterocycles. The van der Waals surface area contributed by atoms with Gasteiger partial charge in [0, 0.05) is 6.54 Å². The minimum Gasteiger partial charge on any atom is -0.465 e. The van der Waals surface area contributed by atoms with Crippen LogP contribution in [0.3, 0.4) is 0 Å². The van der Waals surface area contributed by atoms with Gasteiger partial charge in [-0.15, -0.1) is 0 Å². The minimum atomic E-state index is -4.31. The van der Waals surface area contributed by atoms with Crippen molar-refractivity contribution < 1.29 is 27.4 Å². The highest BCUT2D eigenvalue weighted by molar-refractivity contribution is 5.71. The van der Waals surface area contributed by atoms with Crippen molar-refractivity contribution in [1.82, 2.24) is 4.90 Å². The Hall–Kier alpha value is -0.820. The molecule has 0 aromatic carbocycles. The van der Waals surface area contributed by atoms with Gasteiger partial charge in [0.25, 0.3) is 0 Å². The molecule has 0 N–H and O–H groups in total. The maximum absolute atomic E-state index is 11.8. The summed E-state index contributed by atoms with van der Waals surface area (Å²) >= 11 is 0. The smallest absolute Gasteiger partial charge is 0.411 e. The Morgan fingerprint density at radius 1 is 1.29 bits per heavy atom. The Morgan fingerprint density at radius 3 is 2.41 bits per heavy atom. The molecule has 0 saturated heterocycles. The number of hydrogen-bond donors (Lipinski definition) is 0. The first-order valence-corrected chi connectivity index (χ1v) is 5.41. The third-order valence-electron chi connectivity index (χ3n) is 1.92. The normalized spacial score (nSPS) is 11.9. The molecular formula is C10H18F3NO3. The molecule has 0 amide bonds. The van der Waals surface area contributed by atoms with Crippen molar-refractivity contribution in [2.24, 2.45) is 0 Å². The number of ether oxygens (including phenoxy) is 2. The first-order valence-electron chi connectivity index (χ1n) is 5.41. The highest BCUT2D eigenvalue weighted by Gasteiger charge is 2.27. The molecule has 0 saturated carbocycles. The number of hydrogen-bond acceptors (Lipinski definition) is 4. The van der Waals surface area contributed by atoms with Crippen LogP contribution in [-0.4, -0.2) is 56.5 Å². The topological polar surface area (TPSA) is 38.8 Å². The summed E-state index contributed by atoms with van der Waals surface area (Å²) in [6, 6.07) is 0. The number of carbonyl (C=O) groups is 1. The van der Waals surface area contributed by atoms with Crippen LogP contribution in [0.15, 0.2) is 0 Å². The second-order valence-corrected chi connectivity index (χ2v) is 3.34. The summed E-state index contributed by atoms with van der Waals surface area (Å²) in [7, 11) is 0. The second-order valence-electron chi connectivity index (χ2n) is 3.34. The van der Waals surface area contributed by atoms with Gasteiger partial charge in [-0.2, -0.15) is 13.2 Å². The molecule has 0 fully saturated rings. The summed E-state index contributed by atoms with van der Waals surface area (Å²) in [6.07, 6.45) is -4.31. The summed E-state index contributed by atoms with van der Waals surface area (Å²) in [5.74, 6) is -0.384. The summed E-state index contributed by atoms with van der Waals surface area (Å²) in [5.41, 5.74) is 0. The quantitative estimate of drug-likeness (QED) is 0.487. The number of rotatable bonds is 8. The Kier molecular flexibility index (Phi) is 7.90. The van der Waals surface area contributed by atoms with Crippen molar-refractivity contribution in [1.29, 1.82) is 0 Å². The van der Waals surface area contributed by atoms with Crippen molar-refractivity contribution in [2.45, 2.75) is 20.0 Å². The van der Waals surface area contributed by atoms with Gasteiger partial charge in [-0.3, -0.25) is 9.69 Å². The van der Waals surface area contributed by atoms with E-state index in [2.05, 4.69) is 4.74 Å². The van der Waals surface area contributed by atoms with E-state index in [-0.39, 0.29) is 25.7 Å². The number of esters is 1. The van der Waals surface area contributed by atoms with E-state index < -0.39 is 12.8 Å². The Morgan fingerprint density at radius 2 is 1.94 bits per heavy atom. The zero-order valence-electron chi connectivity index (χ0n) is 10.0. The lowest BCUT2D eigenvalue weighted by molar-refractivity contribution is -0.175. The van der Waals surface area contributed by atoms with Crippen LogP contribution in [0.4, 0.5) is 13.2 Å². The van der Waals surface area contributed by atoms with Gasteiger partial charge in [0.15, 0.2) is 0 Å². The van der Waals surface area contributed by atoms with Crippen LogP contribution in [0, 0.1) is 0 Å². The van der Waals surface area contributed by atoms with Gasteiger partial charge in [0.05, 0.1) is 19.8 Å². The van der Waals surface area contributed by atoms with Crippen molar-refractivity contribution in [3.63, 3.8) is 0 Å². The van der Waals surface area contributed by atoms with E-state index in [1.165, 1.54) is 0 Å². The molecule has 0 aromatic rings. The van der Waals surface area contributed by atoms with E-state index in [9.17, 15) is 18.0 Å². The molecular weight excluding hydrogens is 239 g/mol. The van der Waals surface area contributed by atoms with E-state index in [0.717, 1.165) is 0 Å². The molecule has 0 radical (unpaired) electrons. The summed E-state index contributed by atoms with van der Waals surface area (Å²) in [6.45, 7) is 3.36. The zero-order valence-corrected chi connectivity index (χ0v) is 10.0. The first kappa shape index (κ1) is 16.2. The fourth-order valence-corrected chi connectivity index (χ4v) is 1.12. The van der Waals surface area contributed by atoms with Crippen LogP contribution in [0.5, 0.6) is 0 Å². The monoisotopic (exact) mass is 257 g/mol. The second kappa shape index (κ2) is 8.30. The highest BCUT2D eigenvalue weighted by Crippen LogP contribution is 2.14. The highest BCUT2D eigenvalue weighted by atomic mass is 19.4. The fourth-order valence-electron chi connectivity index (χ4n) is 1.12. The van der Waals surface area contributed by atoms with Gasteiger partial charge in [0.1, 0.15) is 6.61 Å². The van der Waals surface area contributed by atoms with Crippen molar-refractivity contribution in [3.8, 4) is 0 Å². The van der Waals surface area contributed by atoms with Crippen LogP contribution in [0.1, 0.15) is 13.8 Å². The lowest BCUT2D eigenvalue weighted by Gasteiger charge is -2.19. The van der Waals surface area contributed by atoms with Gasteiger partial charge >= 0.3 is 12.1 Å². The van der Waals surface area contributed by atoms with Gasteiger partial charge in [-0.25, -0.2) is 0 Å². The van der Waals surface area contributed by atoms with Crippen LogP contribution in [0.2, 0.25) is 0 Å². The van der Waals surface area contributed by atoms with E-state index in [1.807, 2.05) is 6.92 Å². The number of nitrogens with zero attached hydrogens (tertiary/aromatic N) is 1. The predicted octanol–water partition coefficient (Wildman–Crippen LogP) is 1.45. The summed E-state index contributed by atoms with van der Waals surface area (Å²) in [4.78, 5) is 12.8. The average Bonchev–Trinajstić information content (AvgIpc) is 2.21. The Bertz CT molecular complexity index is 221. The lowest BCUT2D eigenvalue weighted by Crippen LogP contribution is -2.34. The largest absolute Gasteiger partial charge is 0.465 e. The third-order valence-corrected chi connectivity index (χ3v) is 1.92. The van der Waals surface area contributed by atoms with Crippen LogP contribution >= 0.6 is 0 Å². The lowest BCUT2D eigenvalue weighted by atomic mass is 10.4. The molecule has 102 valence electrons. The molecule has 0 aliphatic heterocycles. The summed E-state index contributed by atoms with van der Waals surface area (Å²) < 4.78 is 44.5. The fraction of sp³-hybridized carbons (Fsp3) is 0.900. The molecule has 7 heteroatoms. The first-order chi connectivity index (χ1) is 7.89. The number of likely N-dealkylation sites (N-methyl/N-ethyl adjacent to an activating group) is 1. The van der Waals surface area contributed by atoms with Gasteiger partial charge < -0.3 is 9.47 Å². The van der Waals surface area contributed by atoms with E-state index in [4.69, 9.17) is 4.74 Å². The van der Waals surface area contributed by atoms with Crippen molar-refractivity contribution >= 4 is 5.97 Å². The molecule has 0 aromatic heterocycles. The SMILES string of the molecule is CCOC(=O)CN(CC)CCOCC(F)(F)F. The standard InChI is InChI=1S/C10H18F3NO3/c1-3-14(7-9(15)17-4-2)5-6-16-8-10(11,12)13/h3-8H2,1-2H3. The summed E-state index contributed by atoms with van der Waals surface area (Å²) in [5, 5.41) is 0. The van der Waals surface area contributed by atoms with E-state index in [1.54, 1.807) is 11.8 Å². The van der Waals surface area contributed by atoms with Crippen LogP contribution in [-0.2, 0) is 14.3 Å². The average molecular weight is 257 g/mol.